The number of hydrogen-bond donors (Lipinski definition) is 0. The summed E-state index contributed by atoms with van der Waals surface area (Å²) in [6, 6.07) is 6.45. The van der Waals surface area contributed by atoms with Crippen LogP contribution in [0.3, 0.4) is 0 Å². The van der Waals surface area contributed by atoms with Gasteiger partial charge in [-0.2, -0.15) is 18.2 Å². The summed E-state index contributed by atoms with van der Waals surface area (Å²) in [5.74, 6) is 0. The number of rotatable bonds is 7. The van der Waals surface area contributed by atoms with Gasteiger partial charge in [-0.25, -0.2) is 0 Å². The Morgan fingerprint density at radius 1 is 1.29 bits per heavy atom. The Labute approximate surface area is 169 Å². The molecule has 3 rings (SSSR count). The van der Waals surface area contributed by atoms with E-state index in [1.807, 2.05) is 6.92 Å². The summed E-state index contributed by atoms with van der Waals surface area (Å²) in [5.41, 5.74) is 1.14. The van der Waals surface area contributed by atoms with Crippen molar-refractivity contribution in [3.05, 3.63) is 57.0 Å². The predicted octanol–water partition coefficient (Wildman–Crippen LogP) is 3.24. The van der Waals surface area contributed by atoms with Gasteiger partial charge in [0, 0.05) is 6.61 Å². The Bertz CT molecular complexity index is 967. The highest BCUT2D eigenvalue weighted by Gasteiger charge is 2.20. The van der Waals surface area contributed by atoms with Crippen LogP contribution in [0.25, 0.3) is 0 Å². The van der Waals surface area contributed by atoms with Gasteiger partial charge in [0.05, 0.1) is 17.7 Å². The van der Waals surface area contributed by atoms with Crippen molar-refractivity contribution in [1.29, 1.82) is 0 Å². The van der Waals surface area contributed by atoms with Crippen LogP contribution >= 0.6 is 11.6 Å². The van der Waals surface area contributed by atoms with Gasteiger partial charge in [-0.05, 0) is 56.7 Å². The van der Waals surface area contributed by atoms with E-state index in [-0.39, 0.29) is 28.3 Å². The van der Waals surface area contributed by atoms with E-state index in [0.717, 1.165) is 24.8 Å². The molecule has 7 nitrogen and oxygen atoms in total. The van der Waals surface area contributed by atoms with Gasteiger partial charge >= 0.3 is 0 Å². The zero-order chi connectivity index (χ0) is 20.1. The smallest absolute Gasteiger partial charge is 0.296 e. The second-order valence-electron chi connectivity index (χ2n) is 6.75. The molecule has 1 aliphatic heterocycles. The lowest BCUT2D eigenvalue weighted by molar-refractivity contribution is -0.0425. The normalized spacial score (nSPS) is 17.6. The van der Waals surface area contributed by atoms with Gasteiger partial charge in [-0.3, -0.25) is 8.98 Å². The molecular formula is C19H23ClN2O5S. The third-order valence-electron chi connectivity index (χ3n) is 4.58. The van der Waals surface area contributed by atoms with Crippen molar-refractivity contribution in [1.82, 2.24) is 9.78 Å². The van der Waals surface area contributed by atoms with Crippen LogP contribution in [0.2, 0.25) is 5.02 Å². The van der Waals surface area contributed by atoms with Crippen LogP contribution in [0.15, 0.2) is 40.2 Å². The molecule has 1 saturated heterocycles. The fourth-order valence-corrected chi connectivity index (χ4v) is 4.15. The summed E-state index contributed by atoms with van der Waals surface area (Å²) in [4.78, 5) is 12.6. The average molecular weight is 427 g/mol. The fraction of sp³-hybridized carbons (Fsp3) is 0.474. The van der Waals surface area contributed by atoms with E-state index < -0.39 is 10.1 Å². The first-order chi connectivity index (χ1) is 13.4. The molecule has 9 heteroatoms. The lowest BCUT2D eigenvalue weighted by Crippen LogP contribution is -2.31. The first kappa shape index (κ1) is 21.0. The summed E-state index contributed by atoms with van der Waals surface area (Å²) in [6.45, 7) is 2.47. The molecule has 1 aromatic carbocycles. The highest BCUT2D eigenvalue weighted by Crippen LogP contribution is 2.21. The van der Waals surface area contributed by atoms with Crippen molar-refractivity contribution < 1.29 is 17.3 Å². The first-order valence-electron chi connectivity index (χ1n) is 9.22. The van der Waals surface area contributed by atoms with Gasteiger partial charge in [0.15, 0.2) is 6.23 Å². The van der Waals surface area contributed by atoms with Crippen molar-refractivity contribution in [2.75, 3.05) is 13.2 Å². The molecule has 0 radical (unpaired) electrons. The van der Waals surface area contributed by atoms with Gasteiger partial charge in [0.25, 0.3) is 15.7 Å². The minimum absolute atomic E-state index is 0.0125. The van der Waals surface area contributed by atoms with E-state index >= 15 is 0 Å². The summed E-state index contributed by atoms with van der Waals surface area (Å²) in [7, 11) is -3.80. The van der Waals surface area contributed by atoms with E-state index in [9.17, 15) is 13.2 Å². The molecule has 2 aromatic rings. The van der Waals surface area contributed by atoms with Crippen LogP contribution in [0.4, 0.5) is 0 Å². The highest BCUT2D eigenvalue weighted by atomic mass is 35.5. The predicted molar refractivity (Wildman–Crippen MR) is 105 cm³/mol. The van der Waals surface area contributed by atoms with Crippen LogP contribution in [0, 0.1) is 6.92 Å². The monoisotopic (exact) mass is 426 g/mol. The lowest BCUT2D eigenvalue weighted by atomic mass is 10.1. The van der Waals surface area contributed by atoms with Crippen LogP contribution in [-0.2, 0) is 25.5 Å². The number of ether oxygens (including phenoxy) is 1. The van der Waals surface area contributed by atoms with E-state index in [0.29, 0.717) is 25.0 Å². The number of benzene rings is 1. The van der Waals surface area contributed by atoms with Crippen molar-refractivity contribution >= 4 is 21.7 Å². The molecule has 1 unspecified atom stereocenters. The second kappa shape index (κ2) is 9.17. The molecule has 0 spiro atoms. The molecule has 28 heavy (non-hydrogen) atoms. The van der Waals surface area contributed by atoms with Crippen molar-refractivity contribution in [2.45, 2.75) is 50.2 Å². The Morgan fingerprint density at radius 2 is 2.04 bits per heavy atom. The SMILES string of the molecule is Cc1ccc(S(=O)(=O)OCCCc2cnn(C3CCCCO3)c(=O)c2Cl)cc1. The second-order valence-corrected chi connectivity index (χ2v) is 8.74. The minimum Gasteiger partial charge on any atom is -0.356 e. The highest BCUT2D eigenvalue weighted by molar-refractivity contribution is 7.86. The third kappa shape index (κ3) is 5.00. The number of halogens is 1. The molecule has 0 amide bonds. The van der Waals surface area contributed by atoms with Crippen molar-refractivity contribution in [3.8, 4) is 0 Å². The van der Waals surface area contributed by atoms with Gasteiger partial charge in [0.1, 0.15) is 5.02 Å². The zero-order valence-corrected chi connectivity index (χ0v) is 17.2. The maximum atomic E-state index is 12.5. The fourth-order valence-electron chi connectivity index (χ4n) is 2.98. The maximum absolute atomic E-state index is 12.5. The van der Waals surface area contributed by atoms with E-state index in [1.54, 1.807) is 12.1 Å². The molecule has 1 atom stereocenters. The molecule has 2 heterocycles. The lowest BCUT2D eigenvalue weighted by Gasteiger charge is -2.23. The molecule has 0 saturated carbocycles. The zero-order valence-electron chi connectivity index (χ0n) is 15.6. The molecule has 152 valence electrons. The van der Waals surface area contributed by atoms with Gasteiger partial charge in [-0.1, -0.05) is 29.3 Å². The summed E-state index contributed by atoms with van der Waals surface area (Å²) >= 11 is 6.21. The van der Waals surface area contributed by atoms with Crippen LogP contribution in [-0.4, -0.2) is 31.4 Å². The number of aromatic nitrogens is 2. The van der Waals surface area contributed by atoms with Crippen molar-refractivity contribution in [2.24, 2.45) is 0 Å². The Kier molecular flexibility index (Phi) is 6.87. The number of hydrogen-bond acceptors (Lipinski definition) is 6. The maximum Gasteiger partial charge on any atom is 0.296 e. The van der Waals surface area contributed by atoms with Crippen LogP contribution in [0.5, 0.6) is 0 Å². The molecule has 1 aromatic heterocycles. The minimum atomic E-state index is -3.80. The summed E-state index contributed by atoms with van der Waals surface area (Å²) < 4.78 is 36.3. The van der Waals surface area contributed by atoms with Gasteiger partial charge in [0.2, 0.25) is 0 Å². The standard InChI is InChI=1S/C19H23ClN2O5S/c1-14-7-9-16(10-8-14)28(24,25)27-12-4-5-15-13-21-22(19(23)18(15)20)17-6-2-3-11-26-17/h7-10,13,17H,2-6,11-12H2,1H3. The number of nitrogens with zero attached hydrogens (tertiary/aromatic N) is 2. The molecule has 1 fully saturated rings. The van der Waals surface area contributed by atoms with Gasteiger partial charge < -0.3 is 4.74 Å². The molecule has 1 aliphatic rings. The Morgan fingerprint density at radius 3 is 2.71 bits per heavy atom. The van der Waals surface area contributed by atoms with Crippen LogP contribution < -0.4 is 5.56 Å². The molecule has 0 aliphatic carbocycles. The Hall–Kier alpha value is -1.74. The van der Waals surface area contributed by atoms with E-state index in [4.69, 9.17) is 20.5 Å². The first-order valence-corrected chi connectivity index (χ1v) is 11.0. The molecule has 0 N–H and O–H groups in total. The molecular weight excluding hydrogens is 404 g/mol. The quantitative estimate of drug-likeness (QED) is 0.499. The van der Waals surface area contributed by atoms with Crippen molar-refractivity contribution in [3.63, 3.8) is 0 Å². The van der Waals surface area contributed by atoms with Crippen LogP contribution in [0.1, 0.15) is 43.0 Å². The topological polar surface area (TPSA) is 87.5 Å². The summed E-state index contributed by atoms with van der Waals surface area (Å²) in [6.07, 6.45) is 4.61. The number of aryl methyl sites for hydroxylation is 2. The average Bonchev–Trinajstić information content (AvgIpc) is 2.69. The Balaban J connectivity index is 1.58. The summed E-state index contributed by atoms with van der Waals surface area (Å²) in [5, 5.41) is 4.27. The van der Waals surface area contributed by atoms with Gasteiger partial charge in [-0.15, -0.1) is 0 Å². The third-order valence-corrected chi connectivity index (χ3v) is 6.31. The van der Waals surface area contributed by atoms with E-state index in [2.05, 4.69) is 5.10 Å². The van der Waals surface area contributed by atoms with E-state index in [1.165, 1.54) is 23.0 Å². The largest absolute Gasteiger partial charge is 0.356 e. The molecule has 0 bridgehead atoms.